The van der Waals surface area contributed by atoms with Gasteiger partial charge in [0.15, 0.2) is 5.15 Å². The van der Waals surface area contributed by atoms with Crippen molar-refractivity contribution in [2.45, 2.75) is 6.42 Å². The van der Waals surface area contributed by atoms with E-state index in [1.54, 1.807) is 0 Å². The Morgan fingerprint density at radius 3 is 2.70 bits per heavy atom. The Morgan fingerprint density at radius 1 is 1.60 bits per heavy atom. The van der Waals surface area contributed by atoms with Crippen molar-refractivity contribution in [3.05, 3.63) is 16.1 Å². The second-order valence-corrected chi connectivity index (χ2v) is 2.36. The maximum absolute atomic E-state index is 8.22. The SMILES string of the molecule is N#CCc1nc(Cl)c(Cl)[nH]1. The van der Waals surface area contributed by atoms with Gasteiger partial charge < -0.3 is 4.98 Å². The van der Waals surface area contributed by atoms with Crippen molar-refractivity contribution in [3.63, 3.8) is 0 Å². The molecule has 0 aromatic carbocycles. The maximum Gasteiger partial charge on any atom is 0.166 e. The molecule has 3 nitrogen and oxygen atoms in total. The standard InChI is InChI=1S/C5H3Cl2N3/c6-4-5(7)10-3(9-4)1-2-8/h1H2,(H,9,10). The molecule has 0 bridgehead atoms. The zero-order chi connectivity index (χ0) is 7.56. The first-order valence-electron chi connectivity index (χ1n) is 2.51. The highest BCUT2D eigenvalue weighted by atomic mass is 35.5. The van der Waals surface area contributed by atoms with E-state index in [2.05, 4.69) is 9.97 Å². The van der Waals surface area contributed by atoms with E-state index in [4.69, 9.17) is 28.5 Å². The van der Waals surface area contributed by atoms with E-state index in [0.29, 0.717) is 5.82 Å². The Balaban J connectivity index is 2.90. The third-order valence-corrected chi connectivity index (χ3v) is 1.56. The van der Waals surface area contributed by atoms with E-state index in [1.807, 2.05) is 6.07 Å². The van der Waals surface area contributed by atoms with Gasteiger partial charge in [-0.25, -0.2) is 4.98 Å². The maximum atomic E-state index is 8.22. The largest absolute Gasteiger partial charge is 0.331 e. The van der Waals surface area contributed by atoms with Crippen molar-refractivity contribution >= 4 is 23.2 Å². The summed E-state index contributed by atoms with van der Waals surface area (Å²) in [4.78, 5) is 6.40. The number of imidazole rings is 1. The average molecular weight is 176 g/mol. The lowest BCUT2D eigenvalue weighted by atomic mass is 10.5. The zero-order valence-electron chi connectivity index (χ0n) is 4.86. The number of aromatic nitrogens is 2. The summed E-state index contributed by atoms with van der Waals surface area (Å²) in [6.45, 7) is 0. The van der Waals surface area contributed by atoms with Gasteiger partial charge in [-0.3, -0.25) is 0 Å². The molecule has 0 fully saturated rings. The highest BCUT2D eigenvalue weighted by Crippen LogP contribution is 2.17. The van der Waals surface area contributed by atoms with Gasteiger partial charge in [-0.1, -0.05) is 23.2 Å². The lowest BCUT2D eigenvalue weighted by Gasteiger charge is -1.78. The van der Waals surface area contributed by atoms with Crippen LogP contribution in [-0.2, 0) is 6.42 Å². The van der Waals surface area contributed by atoms with E-state index >= 15 is 0 Å². The number of hydrogen-bond donors (Lipinski definition) is 1. The van der Waals surface area contributed by atoms with E-state index in [0.717, 1.165) is 0 Å². The van der Waals surface area contributed by atoms with Crippen LogP contribution in [0, 0.1) is 11.3 Å². The lowest BCUT2D eigenvalue weighted by Crippen LogP contribution is -1.82. The summed E-state index contributed by atoms with van der Waals surface area (Å²) in [6.07, 6.45) is 0.201. The number of nitriles is 1. The number of aromatic amines is 1. The molecule has 0 unspecified atom stereocenters. The molecule has 0 aliphatic rings. The number of halogens is 2. The van der Waals surface area contributed by atoms with Crippen LogP contribution >= 0.6 is 23.2 Å². The topological polar surface area (TPSA) is 52.5 Å². The van der Waals surface area contributed by atoms with Crippen LogP contribution in [-0.4, -0.2) is 9.97 Å². The van der Waals surface area contributed by atoms with Crippen LogP contribution in [0.2, 0.25) is 10.3 Å². The van der Waals surface area contributed by atoms with Gasteiger partial charge in [-0.15, -0.1) is 0 Å². The lowest BCUT2D eigenvalue weighted by molar-refractivity contribution is 1.06. The highest BCUT2D eigenvalue weighted by Gasteiger charge is 2.03. The van der Waals surface area contributed by atoms with Crippen LogP contribution in [0.15, 0.2) is 0 Å². The fourth-order valence-electron chi connectivity index (χ4n) is 0.532. The van der Waals surface area contributed by atoms with Gasteiger partial charge in [0.2, 0.25) is 0 Å². The first-order valence-corrected chi connectivity index (χ1v) is 3.26. The Kier molecular flexibility index (Phi) is 2.15. The Hall–Kier alpha value is -0.720. The quantitative estimate of drug-likeness (QED) is 0.708. The molecule has 1 aromatic heterocycles. The monoisotopic (exact) mass is 175 g/mol. The second-order valence-electron chi connectivity index (χ2n) is 1.62. The molecule has 1 heterocycles. The van der Waals surface area contributed by atoms with E-state index in [1.165, 1.54) is 0 Å². The van der Waals surface area contributed by atoms with Crippen molar-refractivity contribution in [1.82, 2.24) is 9.97 Å². The third kappa shape index (κ3) is 1.41. The molecule has 0 saturated carbocycles. The van der Waals surface area contributed by atoms with Crippen molar-refractivity contribution in [3.8, 4) is 6.07 Å². The van der Waals surface area contributed by atoms with E-state index in [-0.39, 0.29) is 16.7 Å². The van der Waals surface area contributed by atoms with Crippen molar-refractivity contribution in [1.29, 1.82) is 5.26 Å². The van der Waals surface area contributed by atoms with Gasteiger partial charge in [-0.05, 0) is 0 Å². The van der Waals surface area contributed by atoms with Crippen LogP contribution in [0.1, 0.15) is 5.82 Å². The van der Waals surface area contributed by atoms with Crippen LogP contribution < -0.4 is 0 Å². The number of H-pyrrole nitrogens is 1. The first-order chi connectivity index (χ1) is 4.74. The van der Waals surface area contributed by atoms with Crippen LogP contribution in [0.25, 0.3) is 0 Å². The summed E-state index contributed by atoms with van der Waals surface area (Å²) in [7, 11) is 0. The molecule has 0 spiro atoms. The second kappa shape index (κ2) is 2.91. The molecule has 5 heteroatoms. The fourth-order valence-corrected chi connectivity index (χ4v) is 0.833. The molecule has 1 rings (SSSR count). The molecule has 0 saturated heterocycles. The summed E-state index contributed by atoms with van der Waals surface area (Å²) in [5.41, 5.74) is 0. The van der Waals surface area contributed by atoms with Crippen molar-refractivity contribution in [2.75, 3.05) is 0 Å². The Morgan fingerprint density at radius 2 is 2.30 bits per heavy atom. The summed E-state index contributed by atoms with van der Waals surface area (Å²) >= 11 is 11.0. The molecule has 0 radical (unpaired) electrons. The predicted octanol–water partition coefficient (Wildman–Crippen LogP) is 1.78. The summed E-state index contributed by atoms with van der Waals surface area (Å²) in [6, 6.07) is 1.91. The molecular weight excluding hydrogens is 173 g/mol. The predicted molar refractivity (Wildman–Crippen MR) is 37.9 cm³/mol. The van der Waals surface area contributed by atoms with E-state index in [9.17, 15) is 0 Å². The minimum Gasteiger partial charge on any atom is -0.331 e. The van der Waals surface area contributed by atoms with Gasteiger partial charge in [0.1, 0.15) is 11.0 Å². The number of nitrogens with one attached hydrogen (secondary N) is 1. The van der Waals surface area contributed by atoms with Crippen molar-refractivity contribution in [2.24, 2.45) is 0 Å². The van der Waals surface area contributed by atoms with Crippen LogP contribution in [0.5, 0.6) is 0 Å². The Labute approximate surface area is 67.6 Å². The first kappa shape index (κ1) is 7.39. The molecule has 0 aliphatic carbocycles. The molecule has 0 atom stereocenters. The molecular formula is C5H3Cl2N3. The van der Waals surface area contributed by atoms with Crippen molar-refractivity contribution < 1.29 is 0 Å². The summed E-state index contributed by atoms with van der Waals surface area (Å²) in [5, 5.41) is 8.72. The summed E-state index contributed by atoms with van der Waals surface area (Å²) < 4.78 is 0. The molecule has 0 aliphatic heterocycles. The van der Waals surface area contributed by atoms with Crippen LogP contribution in [0.3, 0.4) is 0 Å². The number of nitrogens with zero attached hydrogens (tertiary/aromatic N) is 2. The van der Waals surface area contributed by atoms with Gasteiger partial charge in [0, 0.05) is 0 Å². The van der Waals surface area contributed by atoms with Crippen LogP contribution in [0.4, 0.5) is 0 Å². The summed E-state index contributed by atoms with van der Waals surface area (Å²) in [5.74, 6) is 0.498. The minimum atomic E-state index is 0.201. The zero-order valence-corrected chi connectivity index (χ0v) is 6.37. The average Bonchev–Trinajstić information content (AvgIpc) is 2.14. The molecule has 10 heavy (non-hydrogen) atoms. The highest BCUT2D eigenvalue weighted by molar-refractivity contribution is 6.40. The molecule has 1 aromatic rings. The van der Waals surface area contributed by atoms with Gasteiger partial charge in [0.05, 0.1) is 12.5 Å². The molecule has 0 amide bonds. The number of hydrogen-bond acceptors (Lipinski definition) is 2. The molecule has 52 valence electrons. The van der Waals surface area contributed by atoms with Gasteiger partial charge in [-0.2, -0.15) is 5.26 Å². The molecule has 1 N–H and O–H groups in total. The Bertz CT molecular complexity index is 253. The van der Waals surface area contributed by atoms with E-state index < -0.39 is 0 Å². The van der Waals surface area contributed by atoms with Gasteiger partial charge in [0.25, 0.3) is 0 Å². The third-order valence-electron chi connectivity index (χ3n) is 0.915. The normalized spacial score (nSPS) is 9.30. The smallest absolute Gasteiger partial charge is 0.166 e. The van der Waals surface area contributed by atoms with Gasteiger partial charge >= 0.3 is 0 Å². The number of rotatable bonds is 1. The minimum absolute atomic E-state index is 0.201. The fraction of sp³-hybridized carbons (Fsp3) is 0.200.